The van der Waals surface area contributed by atoms with Crippen molar-refractivity contribution >= 4 is 17.7 Å². The lowest BCUT2D eigenvalue weighted by molar-refractivity contribution is -0.119. The highest BCUT2D eigenvalue weighted by Gasteiger charge is 2.16. The summed E-state index contributed by atoms with van der Waals surface area (Å²) in [5.41, 5.74) is 3.42. The molecule has 1 amide bonds. The van der Waals surface area contributed by atoms with E-state index in [-0.39, 0.29) is 11.9 Å². The number of hydrogen-bond acceptors (Lipinski definition) is 2. The summed E-state index contributed by atoms with van der Waals surface area (Å²) in [4.78, 5) is 12.5. The van der Waals surface area contributed by atoms with Gasteiger partial charge in [0.1, 0.15) is 0 Å². The van der Waals surface area contributed by atoms with Crippen LogP contribution in [0, 0.1) is 0 Å². The Morgan fingerprint density at radius 3 is 1.76 bits per heavy atom. The average Bonchev–Trinajstić information content (AvgIpc) is 2.68. The lowest BCUT2D eigenvalue weighted by Crippen LogP contribution is -2.30. The minimum atomic E-state index is -0.118. The number of rotatable bonds is 7. The maximum Gasteiger partial charge on any atom is 0.230 e. The molecule has 0 aliphatic carbocycles. The Morgan fingerprint density at radius 2 is 1.24 bits per heavy atom. The number of thioether (sulfide) groups is 1. The molecule has 0 radical (unpaired) electrons. The first-order chi connectivity index (χ1) is 12.3. The van der Waals surface area contributed by atoms with Gasteiger partial charge in [0.15, 0.2) is 0 Å². The largest absolute Gasteiger partial charge is 0.344 e. The molecule has 0 bridgehead atoms. The Balaban J connectivity index is 1.63. The van der Waals surface area contributed by atoms with Crippen LogP contribution in [-0.4, -0.2) is 11.7 Å². The van der Waals surface area contributed by atoms with Crippen LogP contribution in [0.3, 0.4) is 0 Å². The van der Waals surface area contributed by atoms with Crippen molar-refractivity contribution in [3.8, 4) is 0 Å². The highest BCUT2D eigenvalue weighted by molar-refractivity contribution is 7.99. The van der Waals surface area contributed by atoms with E-state index < -0.39 is 0 Å². The highest BCUT2D eigenvalue weighted by Crippen LogP contribution is 2.22. The van der Waals surface area contributed by atoms with Crippen molar-refractivity contribution in [2.75, 3.05) is 5.75 Å². The Labute approximate surface area is 153 Å². The van der Waals surface area contributed by atoms with E-state index in [0.29, 0.717) is 5.75 Å². The lowest BCUT2D eigenvalue weighted by Gasteiger charge is -2.20. The predicted molar refractivity (Wildman–Crippen MR) is 105 cm³/mol. The molecule has 3 rings (SSSR count). The third-order valence-corrected chi connectivity index (χ3v) is 4.92. The van der Waals surface area contributed by atoms with Crippen LogP contribution in [0.2, 0.25) is 0 Å². The first-order valence-corrected chi connectivity index (χ1v) is 9.49. The second-order valence-corrected chi connectivity index (χ2v) is 6.79. The normalized spacial score (nSPS) is 10.6. The van der Waals surface area contributed by atoms with Gasteiger partial charge in [0.05, 0.1) is 11.8 Å². The van der Waals surface area contributed by atoms with Crippen molar-refractivity contribution in [1.82, 2.24) is 5.32 Å². The Morgan fingerprint density at radius 1 is 0.760 bits per heavy atom. The average molecular weight is 347 g/mol. The molecule has 1 N–H and O–H groups in total. The van der Waals surface area contributed by atoms with Gasteiger partial charge in [0.2, 0.25) is 5.91 Å². The smallest absolute Gasteiger partial charge is 0.230 e. The summed E-state index contributed by atoms with van der Waals surface area (Å²) in [6.07, 6.45) is 0. The van der Waals surface area contributed by atoms with Crippen molar-refractivity contribution in [1.29, 1.82) is 0 Å². The molecule has 0 saturated heterocycles. The van der Waals surface area contributed by atoms with Crippen molar-refractivity contribution in [2.24, 2.45) is 0 Å². The van der Waals surface area contributed by atoms with Gasteiger partial charge in [-0.25, -0.2) is 0 Å². The molecule has 0 atom stereocenters. The molecule has 0 spiro atoms. The maximum atomic E-state index is 12.5. The first-order valence-electron chi connectivity index (χ1n) is 8.34. The Hall–Kier alpha value is -2.52. The van der Waals surface area contributed by atoms with Gasteiger partial charge in [0.25, 0.3) is 0 Å². The Bertz CT molecular complexity index is 735. The van der Waals surface area contributed by atoms with Crippen LogP contribution in [0.1, 0.15) is 22.7 Å². The summed E-state index contributed by atoms with van der Waals surface area (Å²) < 4.78 is 0. The summed E-state index contributed by atoms with van der Waals surface area (Å²) in [6.45, 7) is 0. The van der Waals surface area contributed by atoms with Gasteiger partial charge in [-0.15, -0.1) is 11.8 Å². The van der Waals surface area contributed by atoms with Crippen LogP contribution in [-0.2, 0) is 10.5 Å². The molecule has 3 aromatic rings. The van der Waals surface area contributed by atoms with E-state index in [0.717, 1.165) is 16.9 Å². The molecule has 0 unspecified atom stereocenters. The van der Waals surface area contributed by atoms with E-state index in [4.69, 9.17) is 0 Å². The van der Waals surface area contributed by atoms with E-state index in [1.54, 1.807) is 11.8 Å². The van der Waals surface area contributed by atoms with Crippen LogP contribution in [0.15, 0.2) is 91.0 Å². The third-order valence-electron chi connectivity index (χ3n) is 3.92. The molecule has 25 heavy (non-hydrogen) atoms. The zero-order chi connectivity index (χ0) is 17.3. The fourth-order valence-corrected chi connectivity index (χ4v) is 3.49. The number of amides is 1. The van der Waals surface area contributed by atoms with E-state index in [9.17, 15) is 4.79 Å². The summed E-state index contributed by atoms with van der Waals surface area (Å²) in [7, 11) is 0. The zero-order valence-electron chi connectivity index (χ0n) is 14.0. The number of carbonyl (C=O) groups is 1. The summed E-state index contributed by atoms with van der Waals surface area (Å²) in [5, 5.41) is 3.18. The van der Waals surface area contributed by atoms with Gasteiger partial charge in [-0.3, -0.25) is 4.79 Å². The number of nitrogens with one attached hydrogen (secondary N) is 1. The standard InChI is InChI=1S/C22H21NOS/c24-21(17-25-16-18-10-4-1-5-11-18)23-22(19-12-6-2-7-13-19)20-14-8-3-9-15-20/h1-15,22H,16-17H2,(H,23,24). The van der Waals surface area contributed by atoms with Gasteiger partial charge < -0.3 is 5.32 Å². The SMILES string of the molecule is O=C(CSCc1ccccc1)NC(c1ccccc1)c1ccccc1. The molecular weight excluding hydrogens is 326 g/mol. The summed E-state index contributed by atoms with van der Waals surface area (Å²) in [5.74, 6) is 1.35. The molecule has 0 aromatic heterocycles. The fraction of sp³-hybridized carbons (Fsp3) is 0.136. The molecule has 0 aliphatic rings. The first kappa shape index (κ1) is 17.3. The maximum absolute atomic E-state index is 12.5. The number of carbonyl (C=O) groups excluding carboxylic acids is 1. The van der Waals surface area contributed by atoms with Crippen LogP contribution >= 0.6 is 11.8 Å². The van der Waals surface area contributed by atoms with Crippen molar-refractivity contribution in [2.45, 2.75) is 11.8 Å². The second-order valence-electron chi connectivity index (χ2n) is 5.80. The molecule has 126 valence electrons. The third kappa shape index (κ3) is 5.23. The van der Waals surface area contributed by atoms with E-state index >= 15 is 0 Å². The highest BCUT2D eigenvalue weighted by atomic mass is 32.2. The summed E-state index contributed by atoms with van der Waals surface area (Å²) >= 11 is 1.63. The number of benzene rings is 3. The minimum absolute atomic E-state index is 0.0543. The summed E-state index contributed by atoms with van der Waals surface area (Å²) in [6, 6.07) is 30.3. The van der Waals surface area contributed by atoms with Gasteiger partial charge in [-0.1, -0.05) is 91.0 Å². The molecule has 3 heteroatoms. The second kappa shape index (κ2) is 9.09. The molecule has 0 heterocycles. The molecule has 3 aromatic carbocycles. The topological polar surface area (TPSA) is 29.1 Å². The van der Waals surface area contributed by atoms with Gasteiger partial charge in [-0.05, 0) is 16.7 Å². The monoisotopic (exact) mass is 347 g/mol. The van der Waals surface area contributed by atoms with Crippen LogP contribution < -0.4 is 5.32 Å². The van der Waals surface area contributed by atoms with Crippen LogP contribution in [0.25, 0.3) is 0 Å². The molecule has 0 aliphatic heterocycles. The fourth-order valence-electron chi connectivity index (χ4n) is 2.69. The number of hydrogen-bond donors (Lipinski definition) is 1. The minimum Gasteiger partial charge on any atom is -0.344 e. The lowest BCUT2D eigenvalue weighted by atomic mass is 9.99. The van der Waals surface area contributed by atoms with Crippen molar-refractivity contribution < 1.29 is 4.79 Å². The van der Waals surface area contributed by atoms with Crippen molar-refractivity contribution in [3.63, 3.8) is 0 Å². The quantitative estimate of drug-likeness (QED) is 0.663. The van der Waals surface area contributed by atoms with E-state index in [1.807, 2.05) is 54.6 Å². The molecular formula is C22H21NOS. The molecule has 0 saturated carbocycles. The van der Waals surface area contributed by atoms with Crippen molar-refractivity contribution in [3.05, 3.63) is 108 Å². The van der Waals surface area contributed by atoms with Gasteiger partial charge in [-0.2, -0.15) is 0 Å². The zero-order valence-corrected chi connectivity index (χ0v) is 14.8. The van der Waals surface area contributed by atoms with E-state index in [2.05, 4.69) is 41.7 Å². The predicted octanol–water partition coefficient (Wildman–Crippen LogP) is 4.83. The van der Waals surface area contributed by atoms with Crippen LogP contribution in [0.5, 0.6) is 0 Å². The molecule has 0 fully saturated rings. The van der Waals surface area contributed by atoms with Crippen LogP contribution in [0.4, 0.5) is 0 Å². The Kier molecular flexibility index (Phi) is 6.29. The van der Waals surface area contributed by atoms with Gasteiger partial charge >= 0.3 is 0 Å². The van der Waals surface area contributed by atoms with Gasteiger partial charge in [0, 0.05) is 5.75 Å². The van der Waals surface area contributed by atoms with E-state index in [1.165, 1.54) is 5.56 Å². The molecule has 2 nitrogen and oxygen atoms in total.